The Hall–Kier alpha value is -2.01. The van der Waals surface area contributed by atoms with Gasteiger partial charge < -0.3 is 10.1 Å². The van der Waals surface area contributed by atoms with E-state index in [0.29, 0.717) is 24.7 Å². The predicted molar refractivity (Wildman–Crippen MR) is 92.2 cm³/mol. The van der Waals surface area contributed by atoms with Crippen LogP contribution in [0.4, 0.5) is 4.39 Å². The van der Waals surface area contributed by atoms with Crippen molar-refractivity contribution in [3.63, 3.8) is 0 Å². The van der Waals surface area contributed by atoms with Crippen molar-refractivity contribution in [1.29, 1.82) is 0 Å². The number of carbonyl (C=O) groups excluding carboxylic acids is 1. The van der Waals surface area contributed by atoms with E-state index in [2.05, 4.69) is 36.5 Å². The summed E-state index contributed by atoms with van der Waals surface area (Å²) in [5, 5.41) is 2.80. The Morgan fingerprint density at radius 1 is 1.13 bits per heavy atom. The fraction of sp³-hybridized carbons (Fsp3) is 0.278. The number of nitrogens with one attached hydrogen (secondary N) is 1. The highest BCUT2D eigenvalue weighted by atomic mass is 32.2. The van der Waals surface area contributed by atoms with E-state index in [9.17, 15) is 9.18 Å². The first-order valence-corrected chi connectivity index (χ1v) is 8.57. The Bertz CT molecular complexity index is 614. The average molecular weight is 333 g/mol. The third-order valence-corrected chi connectivity index (χ3v) is 4.13. The zero-order chi connectivity index (χ0) is 16.5. The second kappa shape index (κ2) is 9.20. The third-order valence-electron chi connectivity index (χ3n) is 3.13. The number of amides is 1. The molecule has 5 heteroatoms. The lowest BCUT2D eigenvalue weighted by atomic mass is 10.2. The molecular formula is C18H20FNO2S. The molecule has 0 heterocycles. The monoisotopic (exact) mass is 333 g/mol. The summed E-state index contributed by atoms with van der Waals surface area (Å²) in [4.78, 5) is 11.7. The van der Waals surface area contributed by atoms with Crippen LogP contribution in [-0.4, -0.2) is 24.8 Å². The highest BCUT2D eigenvalue weighted by Gasteiger charge is 2.02. The summed E-state index contributed by atoms with van der Waals surface area (Å²) in [6.45, 7) is 2.85. The van der Waals surface area contributed by atoms with Crippen LogP contribution in [0.5, 0.6) is 5.75 Å². The standard InChI is InChI=1S/C18H20FNO2S/c1-14-2-4-15(5-3-14)12-23-13-18(21)20-10-11-22-17-8-6-16(19)7-9-17/h2-9H,10-13H2,1H3,(H,20,21). The molecule has 1 amide bonds. The topological polar surface area (TPSA) is 38.3 Å². The fourth-order valence-electron chi connectivity index (χ4n) is 1.89. The van der Waals surface area contributed by atoms with Crippen LogP contribution in [0, 0.1) is 12.7 Å². The summed E-state index contributed by atoms with van der Waals surface area (Å²) in [6.07, 6.45) is 0. The zero-order valence-corrected chi connectivity index (χ0v) is 13.9. The first-order chi connectivity index (χ1) is 11.1. The zero-order valence-electron chi connectivity index (χ0n) is 13.0. The van der Waals surface area contributed by atoms with Crippen LogP contribution in [0.15, 0.2) is 48.5 Å². The van der Waals surface area contributed by atoms with Crippen molar-refractivity contribution in [1.82, 2.24) is 5.32 Å². The first kappa shape index (κ1) is 17.3. The second-order valence-corrected chi connectivity index (χ2v) is 6.12. The molecular weight excluding hydrogens is 313 g/mol. The van der Waals surface area contributed by atoms with Crippen LogP contribution < -0.4 is 10.1 Å². The van der Waals surface area contributed by atoms with Crippen molar-refractivity contribution in [3.05, 3.63) is 65.5 Å². The molecule has 2 rings (SSSR count). The van der Waals surface area contributed by atoms with Crippen LogP contribution in [0.2, 0.25) is 0 Å². The predicted octanol–water partition coefficient (Wildman–Crippen LogP) is 3.56. The molecule has 2 aromatic rings. The average Bonchev–Trinajstić information content (AvgIpc) is 2.55. The van der Waals surface area contributed by atoms with Crippen LogP contribution in [0.1, 0.15) is 11.1 Å². The van der Waals surface area contributed by atoms with Crippen LogP contribution in [0.25, 0.3) is 0 Å². The quantitative estimate of drug-likeness (QED) is 0.751. The van der Waals surface area contributed by atoms with Gasteiger partial charge in [0.25, 0.3) is 0 Å². The molecule has 23 heavy (non-hydrogen) atoms. The SMILES string of the molecule is Cc1ccc(CSCC(=O)NCCOc2ccc(F)cc2)cc1. The van der Waals surface area contributed by atoms with Crippen molar-refractivity contribution < 1.29 is 13.9 Å². The summed E-state index contributed by atoms with van der Waals surface area (Å²) in [5.41, 5.74) is 2.45. The molecule has 0 atom stereocenters. The molecule has 0 spiro atoms. The molecule has 0 aliphatic carbocycles. The summed E-state index contributed by atoms with van der Waals surface area (Å²) in [5.74, 6) is 1.53. The Balaban J connectivity index is 1.56. The lowest BCUT2D eigenvalue weighted by molar-refractivity contribution is -0.118. The van der Waals surface area contributed by atoms with Crippen LogP contribution in [0.3, 0.4) is 0 Å². The minimum atomic E-state index is -0.295. The fourth-order valence-corrected chi connectivity index (χ4v) is 2.70. The highest BCUT2D eigenvalue weighted by molar-refractivity contribution is 7.99. The van der Waals surface area contributed by atoms with E-state index in [4.69, 9.17) is 4.74 Å². The van der Waals surface area contributed by atoms with Crippen molar-refractivity contribution >= 4 is 17.7 Å². The van der Waals surface area contributed by atoms with Gasteiger partial charge in [-0.2, -0.15) is 0 Å². The van der Waals surface area contributed by atoms with E-state index < -0.39 is 0 Å². The molecule has 0 saturated heterocycles. The third kappa shape index (κ3) is 6.74. The first-order valence-electron chi connectivity index (χ1n) is 7.42. The van der Waals surface area contributed by atoms with E-state index in [1.54, 1.807) is 23.9 Å². The molecule has 0 aliphatic heterocycles. The van der Waals surface area contributed by atoms with Gasteiger partial charge in [-0.05, 0) is 36.8 Å². The molecule has 122 valence electrons. The molecule has 0 fully saturated rings. The molecule has 3 nitrogen and oxygen atoms in total. The van der Waals surface area contributed by atoms with Crippen LogP contribution in [-0.2, 0) is 10.5 Å². The molecule has 0 unspecified atom stereocenters. The molecule has 1 N–H and O–H groups in total. The van der Waals surface area contributed by atoms with Gasteiger partial charge in [0.1, 0.15) is 18.2 Å². The lowest BCUT2D eigenvalue weighted by Gasteiger charge is -2.08. The van der Waals surface area contributed by atoms with E-state index in [-0.39, 0.29) is 11.7 Å². The number of ether oxygens (including phenoxy) is 1. The lowest BCUT2D eigenvalue weighted by Crippen LogP contribution is -2.29. The van der Waals surface area contributed by atoms with E-state index >= 15 is 0 Å². The van der Waals surface area contributed by atoms with Gasteiger partial charge in [0.15, 0.2) is 0 Å². The summed E-state index contributed by atoms with van der Waals surface area (Å²) >= 11 is 1.58. The summed E-state index contributed by atoms with van der Waals surface area (Å²) < 4.78 is 18.1. The van der Waals surface area contributed by atoms with Gasteiger partial charge in [0, 0.05) is 5.75 Å². The number of thioether (sulfide) groups is 1. The number of hydrogen-bond donors (Lipinski definition) is 1. The smallest absolute Gasteiger partial charge is 0.230 e. The maximum atomic E-state index is 12.7. The van der Waals surface area contributed by atoms with E-state index in [1.165, 1.54) is 23.3 Å². The van der Waals surface area contributed by atoms with Crippen molar-refractivity contribution in [2.24, 2.45) is 0 Å². The number of rotatable bonds is 8. The molecule has 2 aromatic carbocycles. The normalized spacial score (nSPS) is 10.3. The largest absolute Gasteiger partial charge is 0.492 e. The molecule has 0 radical (unpaired) electrons. The summed E-state index contributed by atoms with van der Waals surface area (Å²) in [6, 6.07) is 14.1. The van der Waals surface area contributed by atoms with Crippen molar-refractivity contribution in [2.75, 3.05) is 18.9 Å². The maximum Gasteiger partial charge on any atom is 0.230 e. The Morgan fingerprint density at radius 3 is 2.52 bits per heavy atom. The Kier molecular flexibility index (Phi) is 6.94. The number of benzene rings is 2. The van der Waals surface area contributed by atoms with Crippen molar-refractivity contribution in [2.45, 2.75) is 12.7 Å². The number of hydrogen-bond acceptors (Lipinski definition) is 3. The molecule has 0 aliphatic rings. The van der Waals surface area contributed by atoms with Gasteiger partial charge in [-0.25, -0.2) is 4.39 Å². The van der Waals surface area contributed by atoms with E-state index in [1.807, 2.05) is 0 Å². The van der Waals surface area contributed by atoms with Gasteiger partial charge in [-0.3, -0.25) is 4.79 Å². The molecule has 0 aromatic heterocycles. The van der Waals surface area contributed by atoms with Gasteiger partial charge in [0.2, 0.25) is 5.91 Å². The molecule has 0 bridgehead atoms. The Labute approximate surface area is 140 Å². The second-order valence-electron chi connectivity index (χ2n) is 5.13. The number of aryl methyl sites for hydroxylation is 1. The number of carbonyl (C=O) groups is 1. The van der Waals surface area contributed by atoms with Crippen LogP contribution >= 0.6 is 11.8 Å². The minimum Gasteiger partial charge on any atom is -0.492 e. The van der Waals surface area contributed by atoms with E-state index in [0.717, 1.165) is 5.75 Å². The minimum absolute atomic E-state index is 0.00943. The van der Waals surface area contributed by atoms with Gasteiger partial charge in [-0.15, -0.1) is 11.8 Å². The van der Waals surface area contributed by atoms with Gasteiger partial charge in [0.05, 0.1) is 12.3 Å². The molecule has 0 saturated carbocycles. The van der Waals surface area contributed by atoms with Crippen molar-refractivity contribution in [3.8, 4) is 5.75 Å². The number of halogens is 1. The highest BCUT2D eigenvalue weighted by Crippen LogP contribution is 2.13. The Morgan fingerprint density at radius 2 is 1.83 bits per heavy atom. The maximum absolute atomic E-state index is 12.7. The van der Waals surface area contributed by atoms with Gasteiger partial charge >= 0.3 is 0 Å². The van der Waals surface area contributed by atoms with Gasteiger partial charge in [-0.1, -0.05) is 29.8 Å². The summed E-state index contributed by atoms with van der Waals surface area (Å²) in [7, 11) is 0.